The number of esters is 2. The van der Waals surface area contributed by atoms with Crippen molar-refractivity contribution in [1.82, 2.24) is 0 Å². The Morgan fingerprint density at radius 1 is 0.577 bits per heavy atom. The van der Waals surface area contributed by atoms with Crippen molar-refractivity contribution in [2.75, 3.05) is 9.80 Å². The molecule has 0 unspecified atom stereocenters. The van der Waals surface area contributed by atoms with Crippen LogP contribution in [0.5, 0.6) is 5.75 Å². The number of para-hydroxylation sites is 2. The molecule has 6 heteroatoms. The largest absolute Gasteiger partial charge is 0.424 e. The summed E-state index contributed by atoms with van der Waals surface area (Å²) in [6.07, 6.45) is 18.3. The highest BCUT2D eigenvalue weighted by atomic mass is 16.5. The zero-order valence-electron chi connectivity index (χ0n) is 40.6. The average Bonchev–Trinajstić information content (AvgIpc) is 3.68. The maximum atomic E-state index is 12.4. The first-order chi connectivity index (χ1) is 34.8. The fraction of sp³-hybridized carbons (Fsp3) is 0.0769. The van der Waals surface area contributed by atoms with Crippen LogP contribution >= 0.6 is 0 Å². The van der Waals surface area contributed by atoms with Crippen molar-refractivity contribution in [3.8, 4) is 16.9 Å². The van der Waals surface area contributed by atoms with Gasteiger partial charge in [-0.05, 0) is 144 Å². The van der Waals surface area contributed by atoms with E-state index in [1.807, 2.05) is 99.6 Å². The number of aryl methyl sites for hydroxylation is 1. The molecule has 1 aliphatic carbocycles. The Morgan fingerprint density at radius 3 is 1.69 bits per heavy atom. The lowest BCUT2D eigenvalue weighted by atomic mass is 9.94. The highest BCUT2D eigenvalue weighted by Gasteiger charge is 2.19. The molecule has 6 nitrogen and oxygen atoms in total. The van der Waals surface area contributed by atoms with Gasteiger partial charge in [-0.15, -0.1) is 0 Å². The highest BCUT2D eigenvalue weighted by Crippen LogP contribution is 2.40. The topological polar surface area (TPSA) is 59.1 Å². The molecule has 0 spiro atoms. The Bertz CT molecular complexity index is 3110. The molecule has 7 aromatic carbocycles. The smallest absolute Gasteiger partial charge is 0.335 e. The van der Waals surface area contributed by atoms with E-state index in [2.05, 4.69) is 169 Å². The van der Waals surface area contributed by atoms with E-state index in [0.717, 1.165) is 79.2 Å². The molecule has 0 atom stereocenters. The average molecular weight is 931 g/mol. The van der Waals surface area contributed by atoms with Crippen LogP contribution in [0.3, 0.4) is 0 Å². The third kappa shape index (κ3) is 13.0. The van der Waals surface area contributed by atoms with Gasteiger partial charge in [0.2, 0.25) is 0 Å². The Kier molecular flexibility index (Phi) is 17.5. The molecule has 7 aromatic rings. The minimum atomic E-state index is -0.557. The lowest BCUT2D eigenvalue weighted by Gasteiger charge is -2.29. The van der Waals surface area contributed by atoms with E-state index in [9.17, 15) is 9.59 Å². The molecule has 0 heterocycles. The van der Waals surface area contributed by atoms with E-state index in [-0.39, 0.29) is 5.76 Å². The van der Waals surface area contributed by atoms with Crippen LogP contribution in [0.25, 0.3) is 22.3 Å². The normalized spacial score (nSPS) is 12.0. The number of carbonyl (C=O) groups excluding carboxylic acids is 2. The minimum Gasteiger partial charge on any atom is -0.424 e. The standard InChI is InChI=1S/C63H52N2O4.C2H6/c1-5-61(66)68-47(4)30-32-50(33-31-48-20-11-7-12-21-48)51-35-38-57(39-36-51)65(55-27-17-10-18-28-55)59-42-40-58(41-43-59)64(54-25-15-9-16-26-54)56-29-19-24-49(34-37-56)53-44-46(3)63(69-62(67)6-2)60(45-53)52-22-13-8-14-23-52;1-2/h5-18,20-30,32-45H,1-2,4,19,31H2,3H3;1-2H3/b32-30-,50-33+;. The van der Waals surface area contributed by atoms with Crippen LogP contribution in [0.1, 0.15) is 42.5 Å². The van der Waals surface area contributed by atoms with Crippen LogP contribution in [-0.2, 0) is 20.7 Å². The van der Waals surface area contributed by atoms with Gasteiger partial charge in [0.1, 0.15) is 11.5 Å². The van der Waals surface area contributed by atoms with Crippen LogP contribution in [0, 0.1) is 6.92 Å². The van der Waals surface area contributed by atoms with Crippen molar-refractivity contribution in [1.29, 1.82) is 0 Å². The molecular weight excluding hydrogens is 873 g/mol. The number of benzene rings is 7. The molecule has 0 bridgehead atoms. The lowest BCUT2D eigenvalue weighted by molar-refractivity contribution is -0.133. The van der Waals surface area contributed by atoms with Gasteiger partial charge in [0, 0.05) is 51.8 Å². The quantitative estimate of drug-likeness (QED) is 0.0298. The fourth-order valence-electron chi connectivity index (χ4n) is 8.16. The van der Waals surface area contributed by atoms with Crippen molar-refractivity contribution < 1.29 is 19.1 Å². The summed E-state index contributed by atoms with van der Waals surface area (Å²) < 4.78 is 11.0. The van der Waals surface area contributed by atoms with Gasteiger partial charge in [0.25, 0.3) is 0 Å². The third-order valence-electron chi connectivity index (χ3n) is 11.5. The van der Waals surface area contributed by atoms with Crippen LogP contribution in [0.4, 0.5) is 28.4 Å². The van der Waals surface area contributed by atoms with Gasteiger partial charge < -0.3 is 19.3 Å². The fourth-order valence-corrected chi connectivity index (χ4v) is 8.16. The molecule has 0 radical (unpaired) electrons. The number of hydrogen-bond donors (Lipinski definition) is 0. The summed E-state index contributed by atoms with van der Waals surface area (Å²) >= 11 is 0. The van der Waals surface area contributed by atoms with Gasteiger partial charge >= 0.3 is 11.9 Å². The number of nitrogens with zero attached hydrogens (tertiary/aromatic N) is 2. The summed E-state index contributed by atoms with van der Waals surface area (Å²) in [7, 11) is 0. The SMILES string of the molecule is C=CC(=O)OC(=C)/C=C\C(=C/Cc1ccccc1)c1ccc(N(c2ccccc2)c2ccc(N(C3=CCC=C(c4cc(C)c(OC(=O)C=C)c(-c5ccccc5)c4)C=C3)c3ccccc3)cc2)cc1.CC. The van der Waals surface area contributed by atoms with E-state index < -0.39 is 11.9 Å². The second-order valence-electron chi connectivity index (χ2n) is 16.2. The first-order valence-corrected chi connectivity index (χ1v) is 23.8. The molecule has 8 rings (SSSR count). The summed E-state index contributed by atoms with van der Waals surface area (Å²) in [5, 5.41) is 0. The van der Waals surface area contributed by atoms with E-state index in [1.54, 1.807) is 6.08 Å². The summed E-state index contributed by atoms with van der Waals surface area (Å²) in [5.41, 5.74) is 13.9. The summed E-state index contributed by atoms with van der Waals surface area (Å²) in [4.78, 5) is 28.8. The first-order valence-electron chi connectivity index (χ1n) is 23.8. The molecule has 352 valence electrons. The van der Waals surface area contributed by atoms with Crippen LogP contribution in [-0.4, -0.2) is 11.9 Å². The lowest BCUT2D eigenvalue weighted by Crippen LogP contribution is -2.15. The molecule has 0 N–H and O–H groups in total. The molecule has 0 saturated carbocycles. The molecule has 0 aliphatic heterocycles. The van der Waals surface area contributed by atoms with Crippen molar-refractivity contribution >= 4 is 51.5 Å². The summed E-state index contributed by atoms with van der Waals surface area (Å²) in [5.74, 6) is -0.303. The predicted octanol–water partition coefficient (Wildman–Crippen LogP) is 16.7. The van der Waals surface area contributed by atoms with E-state index >= 15 is 0 Å². The number of carbonyl (C=O) groups is 2. The van der Waals surface area contributed by atoms with E-state index in [4.69, 9.17) is 9.47 Å². The van der Waals surface area contributed by atoms with Crippen LogP contribution in [0.15, 0.2) is 268 Å². The maximum absolute atomic E-state index is 12.4. The molecule has 1 aliphatic rings. The van der Waals surface area contributed by atoms with E-state index in [1.165, 1.54) is 11.6 Å². The number of anilines is 5. The molecule has 0 fully saturated rings. The second-order valence-corrected chi connectivity index (χ2v) is 16.2. The van der Waals surface area contributed by atoms with Gasteiger partial charge in [0.15, 0.2) is 0 Å². The van der Waals surface area contributed by atoms with Crippen LogP contribution < -0.4 is 14.5 Å². The van der Waals surface area contributed by atoms with Gasteiger partial charge in [-0.25, -0.2) is 9.59 Å². The Morgan fingerprint density at radius 2 is 1.10 bits per heavy atom. The third-order valence-corrected chi connectivity index (χ3v) is 11.5. The van der Waals surface area contributed by atoms with E-state index in [0.29, 0.717) is 18.6 Å². The number of ether oxygens (including phenoxy) is 2. The van der Waals surface area contributed by atoms with Gasteiger partial charge in [-0.2, -0.15) is 0 Å². The molecule has 0 amide bonds. The molecule has 0 saturated heterocycles. The monoisotopic (exact) mass is 930 g/mol. The number of allylic oxidation sites excluding steroid dienone is 9. The zero-order chi connectivity index (χ0) is 50.0. The van der Waals surface area contributed by atoms with Gasteiger partial charge in [0.05, 0.1) is 0 Å². The van der Waals surface area contributed by atoms with Crippen molar-refractivity contribution in [3.05, 3.63) is 290 Å². The molecular formula is C65H58N2O4. The minimum absolute atomic E-state index is 0.226. The highest BCUT2D eigenvalue weighted by molar-refractivity contribution is 5.89. The second kappa shape index (κ2) is 24.9. The maximum Gasteiger partial charge on any atom is 0.335 e. The van der Waals surface area contributed by atoms with Gasteiger partial charge in [-0.3, -0.25) is 0 Å². The zero-order valence-corrected chi connectivity index (χ0v) is 40.6. The molecule has 0 aromatic heterocycles. The van der Waals surface area contributed by atoms with Gasteiger partial charge in [-0.1, -0.05) is 173 Å². The summed E-state index contributed by atoms with van der Waals surface area (Å²) in [6, 6.07) is 62.3. The first kappa shape index (κ1) is 49.9. The Balaban J connectivity index is 0.00000366. The van der Waals surface area contributed by atoms with Crippen LogP contribution in [0.2, 0.25) is 0 Å². The number of rotatable bonds is 17. The Labute approximate surface area is 419 Å². The molecule has 71 heavy (non-hydrogen) atoms. The van der Waals surface area contributed by atoms with Crippen molar-refractivity contribution in [3.63, 3.8) is 0 Å². The Hall–Kier alpha value is -9.00. The predicted molar refractivity (Wildman–Crippen MR) is 296 cm³/mol. The number of hydrogen-bond acceptors (Lipinski definition) is 6. The summed E-state index contributed by atoms with van der Waals surface area (Å²) in [6.45, 7) is 17.0. The van der Waals surface area contributed by atoms with Crippen molar-refractivity contribution in [2.24, 2.45) is 0 Å². The van der Waals surface area contributed by atoms with Crippen molar-refractivity contribution in [2.45, 2.75) is 33.6 Å².